The molecule has 202 valence electrons. The predicted octanol–water partition coefficient (Wildman–Crippen LogP) is 4.38. The lowest BCUT2D eigenvalue weighted by Crippen LogP contribution is -2.41. The topological polar surface area (TPSA) is 95.9 Å². The SMILES string of the molecule is NCCCCCN(CCCCCN)CCCCCN1C(=O)c2cccc3c(N4CCC4)ccc(c23)C1=O. The molecule has 7 nitrogen and oxygen atoms in total. The van der Waals surface area contributed by atoms with Crippen LogP contribution in [0.15, 0.2) is 30.3 Å². The van der Waals surface area contributed by atoms with Gasteiger partial charge >= 0.3 is 0 Å². The van der Waals surface area contributed by atoms with Crippen LogP contribution in [0, 0.1) is 0 Å². The monoisotopic (exact) mass is 507 g/mol. The number of carbonyl (C=O) groups is 2. The lowest BCUT2D eigenvalue weighted by molar-refractivity contribution is 0.0607. The van der Waals surface area contributed by atoms with Crippen LogP contribution < -0.4 is 16.4 Å². The Morgan fingerprint density at radius 2 is 1.30 bits per heavy atom. The molecular formula is C30H45N5O2. The van der Waals surface area contributed by atoms with Crippen molar-refractivity contribution in [3.05, 3.63) is 41.5 Å². The molecule has 0 unspecified atom stereocenters. The minimum atomic E-state index is -0.148. The number of anilines is 1. The summed E-state index contributed by atoms with van der Waals surface area (Å²) in [5, 5.41) is 1.85. The van der Waals surface area contributed by atoms with Crippen LogP contribution in [0.1, 0.15) is 84.9 Å². The molecule has 0 atom stereocenters. The number of carbonyl (C=O) groups excluding carboxylic acids is 2. The van der Waals surface area contributed by atoms with Gasteiger partial charge in [-0.25, -0.2) is 0 Å². The van der Waals surface area contributed by atoms with E-state index >= 15 is 0 Å². The summed E-state index contributed by atoms with van der Waals surface area (Å²) >= 11 is 0. The number of benzene rings is 2. The van der Waals surface area contributed by atoms with E-state index in [2.05, 4.69) is 15.9 Å². The van der Waals surface area contributed by atoms with Gasteiger partial charge < -0.3 is 21.3 Å². The van der Waals surface area contributed by atoms with Gasteiger partial charge in [0.2, 0.25) is 0 Å². The second-order valence-corrected chi connectivity index (χ2v) is 10.6. The van der Waals surface area contributed by atoms with E-state index in [1.165, 1.54) is 37.0 Å². The summed E-state index contributed by atoms with van der Waals surface area (Å²) < 4.78 is 0. The highest BCUT2D eigenvalue weighted by Gasteiger charge is 2.33. The van der Waals surface area contributed by atoms with Crippen molar-refractivity contribution in [2.24, 2.45) is 11.5 Å². The quantitative estimate of drug-likeness (QED) is 0.244. The molecule has 2 aliphatic rings. The van der Waals surface area contributed by atoms with Gasteiger partial charge in [0.1, 0.15) is 0 Å². The third kappa shape index (κ3) is 6.70. The Morgan fingerprint density at radius 3 is 1.86 bits per heavy atom. The van der Waals surface area contributed by atoms with Crippen molar-refractivity contribution in [3.8, 4) is 0 Å². The maximum atomic E-state index is 13.4. The van der Waals surface area contributed by atoms with E-state index in [-0.39, 0.29) is 11.8 Å². The molecular weight excluding hydrogens is 462 g/mol. The molecule has 37 heavy (non-hydrogen) atoms. The van der Waals surface area contributed by atoms with Gasteiger partial charge in [0.15, 0.2) is 0 Å². The van der Waals surface area contributed by atoms with Crippen molar-refractivity contribution in [1.82, 2.24) is 9.80 Å². The number of rotatable bonds is 17. The Hall–Kier alpha value is -2.48. The first-order valence-corrected chi connectivity index (χ1v) is 14.4. The molecule has 4 rings (SSSR count). The van der Waals surface area contributed by atoms with Gasteiger partial charge in [-0.15, -0.1) is 0 Å². The highest BCUT2D eigenvalue weighted by atomic mass is 16.2. The van der Waals surface area contributed by atoms with Gasteiger partial charge in [0.25, 0.3) is 11.8 Å². The van der Waals surface area contributed by atoms with Gasteiger partial charge in [-0.2, -0.15) is 0 Å². The van der Waals surface area contributed by atoms with E-state index in [1.807, 2.05) is 24.3 Å². The maximum absolute atomic E-state index is 13.4. The summed E-state index contributed by atoms with van der Waals surface area (Å²) in [6.07, 6.45) is 11.0. The van der Waals surface area contributed by atoms with Crippen LogP contribution >= 0.6 is 0 Å². The van der Waals surface area contributed by atoms with E-state index < -0.39 is 0 Å². The normalized spacial score (nSPS) is 15.2. The molecule has 0 saturated carbocycles. The molecule has 2 aromatic rings. The van der Waals surface area contributed by atoms with Gasteiger partial charge in [0.05, 0.1) is 0 Å². The molecule has 0 bridgehead atoms. The van der Waals surface area contributed by atoms with Crippen LogP contribution in [0.25, 0.3) is 10.8 Å². The minimum Gasteiger partial charge on any atom is -0.371 e. The first kappa shape index (κ1) is 27.6. The number of hydrogen-bond acceptors (Lipinski definition) is 6. The van der Waals surface area contributed by atoms with Crippen molar-refractivity contribution >= 4 is 28.3 Å². The second kappa shape index (κ2) is 13.9. The van der Waals surface area contributed by atoms with E-state index in [1.54, 1.807) is 0 Å². The van der Waals surface area contributed by atoms with Crippen molar-refractivity contribution in [2.75, 3.05) is 57.3 Å². The van der Waals surface area contributed by atoms with Crippen LogP contribution in [0.2, 0.25) is 0 Å². The molecule has 0 aliphatic carbocycles. The largest absolute Gasteiger partial charge is 0.371 e. The fourth-order valence-electron chi connectivity index (χ4n) is 5.60. The van der Waals surface area contributed by atoms with Crippen molar-refractivity contribution in [1.29, 1.82) is 0 Å². The lowest BCUT2D eigenvalue weighted by atomic mass is 9.92. The fourth-order valence-corrected chi connectivity index (χ4v) is 5.60. The van der Waals surface area contributed by atoms with Crippen LogP contribution in [-0.2, 0) is 0 Å². The Bertz CT molecular complexity index is 1020. The van der Waals surface area contributed by atoms with Gasteiger partial charge in [0, 0.05) is 47.2 Å². The smallest absolute Gasteiger partial charge is 0.261 e. The molecule has 2 aromatic carbocycles. The molecule has 0 radical (unpaired) electrons. The van der Waals surface area contributed by atoms with Crippen molar-refractivity contribution < 1.29 is 9.59 Å². The van der Waals surface area contributed by atoms with Crippen LogP contribution in [0.4, 0.5) is 5.69 Å². The van der Waals surface area contributed by atoms with Crippen LogP contribution in [0.5, 0.6) is 0 Å². The molecule has 2 heterocycles. The summed E-state index contributed by atoms with van der Waals surface area (Å²) in [5.41, 5.74) is 13.8. The predicted molar refractivity (Wildman–Crippen MR) is 152 cm³/mol. The maximum Gasteiger partial charge on any atom is 0.261 e. The zero-order valence-electron chi connectivity index (χ0n) is 22.4. The van der Waals surface area contributed by atoms with Gasteiger partial charge in [-0.3, -0.25) is 14.5 Å². The molecule has 2 amide bonds. The average Bonchev–Trinajstić information content (AvgIpc) is 2.88. The first-order valence-electron chi connectivity index (χ1n) is 14.4. The zero-order valence-corrected chi connectivity index (χ0v) is 22.4. The third-order valence-corrected chi connectivity index (χ3v) is 7.88. The summed E-state index contributed by atoms with van der Waals surface area (Å²) in [5.74, 6) is -0.296. The van der Waals surface area contributed by atoms with Gasteiger partial charge in [-0.1, -0.05) is 31.4 Å². The number of nitrogens with zero attached hydrogens (tertiary/aromatic N) is 3. The first-order chi connectivity index (χ1) is 18.2. The Kier molecular flexibility index (Phi) is 10.3. The Morgan fingerprint density at radius 1 is 0.703 bits per heavy atom. The lowest BCUT2D eigenvalue weighted by Gasteiger charge is -2.35. The van der Waals surface area contributed by atoms with Crippen molar-refractivity contribution in [2.45, 2.75) is 64.2 Å². The van der Waals surface area contributed by atoms with Crippen molar-refractivity contribution in [3.63, 3.8) is 0 Å². The molecule has 0 spiro atoms. The number of imide groups is 1. The van der Waals surface area contributed by atoms with E-state index in [9.17, 15) is 9.59 Å². The molecule has 4 N–H and O–H groups in total. The third-order valence-electron chi connectivity index (χ3n) is 7.88. The molecule has 0 aromatic heterocycles. The highest BCUT2D eigenvalue weighted by molar-refractivity contribution is 6.26. The van der Waals surface area contributed by atoms with E-state index in [0.717, 1.165) is 94.4 Å². The standard InChI is InChI=1S/C30H45N5O2/c31-16-4-1-6-18-33(19-7-2-5-17-32)20-8-3-9-23-35-29(36)25-13-10-12-24-27(34-21-11-22-34)15-14-26(28(24)25)30(35)37/h10,12-15H,1-9,11,16-23,31-32H2. The number of amides is 2. The fraction of sp³-hybridized carbons (Fsp3) is 0.600. The summed E-state index contributed by atoms with van der Waals surface area (Å²) in [6.45, 7) is 7.38. The van der Waals surface area contributed by atoms with E-state index in [0.29, 0.717) is 17.7 Å². The molecule has 7 heteroatoms. The summed E-state index contributed by atoms with van der Waals surface area (Å²) in [4.78, 5) is 33.1. The molecule has 1 fully saturated rings. The van der Waals surface area contributed by atoms with E-state index in [4.69, 9.17) is 11.5 Å². The van der Waals surface area contributed by atoms with Crippen LogP contribution in [0.3, 0.4) is 0 Å². The van der Waals surface area contributed by atoms with Crippen LogP contribution in [-0.4, -0.2) is 74.0 Å². The second-order valence-electron chi connectivity index (χ2n) is 10.6. The summed E-state index contributed by atoms with van der Waals surface area (Å²) in [7, 11) is 0. The minimum absolute atomic E-state index is 0.148. The summed E-state index contributed by atoms with van der Waals surface area (Å²) in [6, 6.07) is 9.85. The average molecular weight is 508 g/mol. The molecule has 2 aliphatic heterocycles. The zero-order chi connectivity index (χ0) is 26.0. The number of unbranched alkanes of at least 4 members (excludes halogenated alkanes) is 6. The Labute approximate surface area is 222 Å². The Balaban J connectivity index is 1.30. The van der Waals surface area contributed by atoms with Gasteiger partial charge in [-0.05, 0) is 95.9 Å². The highest BCUT2D eigenvalue weighted by Crippen LogP contribution is 2.37. The number of hydrogen-bond donors (Lipinski definition) is 2. The molecule has 1 saturated heterocycles. The number of nitrogens with two attached hydrogens (primary N) is 2.